The van der Waals surface area contributed by atoms with E-state index in [2.05, 4.69) is 27.2 Å². The Kier molecular flexibility index (Phi) is 5.53. The van der Waals surface area contributed by atoms with Crippen LogP contribution in [0.5, 0.6) is 0 Å². The average molecular weight is 374 g/mol. The molecule has 0 saturated carbocycles. The standard InChI is InChI=1S/C18H22N4O3S/c1-19-26(24,25)16-9-10-17(20-12-16)21-18(23)22-11-5-8-15(13-22)14-6-3-2-4-7-14/h2-4,6-7,9-10,12,15,19H,5,8,11,13H2,1H3,(H,20,21,23). The number of rotatable bonds is 4. The molecule has 0 bridgehead atoms. The highest BCUT2D eigenvalue weighted by atomic mass is 32.2. The number of amides is 2. The number of anilines is 1. The van der Waals surface area contributed by atoms with Crippen molar-refractivity contribution in [1.82, 2.24) is 14.6 Å². The normalized spacial score (nSPS) is 17.7. The molecule has 2 heterocycles. The number of aromatic nitrogens is 1. The Bertz CT molecular complexity index is 854. The summed E-state index contributed by atoms with van der Waals surface area (Å²) in [5.41, 5.74) is 1.24. The van der Waals surface area contributed by atoms with Crippen LogP contribution < -0.4 is 10.0 Å². The monoisotopic (exact) mass is 374 g/mol. The summed E-state index contributed by atoms with van der Waals surface area (Å²) in [6.45, 7) is 1.35. The molecule has 138 valence electrons. The summed E-state index contributed by atoms with van der Waals surface area (Å²) in [5.74, 6) is 0.652. The van der Waals surface area contributed by atoms with Crippen molar-refractivity contribution in [2.45, 2.75) is 23.7 Å². The van der Waals surface area contributed by atoms with Crippen molar-refractivity contribution in [2.24, 2.45) is 0 Å². The van der Waals surface area contributed by atoms with Crippen LogP contribution in [0.25, 0.3) is 0 Å². The van der Waals surface area contributed by atoms with E-state index in [1.54, 1.807) is 4.90 Å². The third kappa shape index (κ3) is 4.20. The van der Waals surface area contributed by atoms with Gasteiger partial charge in [-0.05, 0) is 37.6 Å². The van der Waals surface area contributed by atoms with Crippen LogP contribution in [-0.4, -0.2) is 44.5 Å². The second-order valence-electron chi connectivity index (χ2n) is 6.21. The Morgan fingerprint density at radius 3 is 2.62 bits per heavy atom. The van der Waals surface area contributed by atoms with Crippen LogP contribution in [0.2, 0.25) is 0 Å². The number of urea groups is 1. The van der Waals surface area contributed by atoms with Gasteiger partial charge in [-0.15, -0.1) is 0 Å². The first-order chi connectivity index (χ1) is 12.5. The number of nitrogens with one attached hydrogen (secondary N) is 2. The van der Waals surface area contributed by atoms with Gasteiger partial charge in [-0.3, -0.25) is 5.32 Å². The molecule has 26 heavy (non-hydrogen) atoms. The van der Waals surface area contributed by atoms with E-state index in [9.17, 15) is 13.2 Å². The number of piperidine rings is 1. The zero-order valence-corrected chi connectivity index (χ0v) is 15.4. The van der Waals surface area contributed by atoms with E-state index in [1.165, 1.54) is 30.9 Å². The molecule has 0 aliphatic carbocycles. The topological polar surface area (TPSA) is 91.4 Å². The molecule has 1 aliphatic heterocycles. The van der Waals surface area contributed by atoms with Crippen LogP contribution in [0, 0.1) is 0 Å². The summed E-state index contributed by atoms with van der Waals surface area (Å²) < 4.78 is 25.6. The first-order valence-corrected chi connectivity index (χ1v) is 9.98. The van der Waals surface area contributed by atoms with Crippen molar-refractivity contribution in [3.8, 4) is 0 Å². The molecule has 1 aromatic heterocycles. The highest BCUT2D eigenvalue weighted by Crippen LogP contribution is 2.27. The predicted octanol–water partition coefficient (Wildman–Crippen LogP) is 2.40. The molecule has 2 N–H and O–H groups in total. The van der Waals surface area contributed by atoms with E-state index in [0.29, 0.717) is 24.8 Å². The molecule has 1 atom stereocenters. The zero-order valence-electron chi connectivity index (χ0n) is 14.6. The van der Waals surface area contributed by atoms with Crippen LogP contribution in [0.3, 0.4) is 0 Å². The zero-order chi connectivity index (χ0) is 18.6. The molecule has 0 radical (unpaired) electrons. The molecular formula is C18H22N4O3S. The minimum Gasteiger partial charge on any atom is -0.324 e. The van der Waals surface area contributed by atoms with Crippen LogP contribution in [0.1, 0.15) is 24.3 Å². The van der Waals surface area contributed by atoms with Gasteiger partial charge in [-0.2, -0.15) is 0 Å². The smallest absolute Gasteiger partial charge is 0.323 e. The summed E-state index contributed by atoms with van der Waals surface area (Å²) in [7, 11) is -2.20. The van der Waals surface area contributed by atoms with Crippen molar-refractivity contribution >= 4 is 21.9 Å². The molecular weight excluding hydrogens is 352 g/mol. The third-order valence-corrected chi connectivity index (χ3v) is 5.93. The van der Waals surface area contributed by atoms with Gasteiger partial charge in [0.25, 0.3) is 0 Å². The molecule has 1 aromatic carbocycles. The molecule has 1 unspecified atom stereocenters. The minimum absolute atomic E-state index is 0.0557. The Morgan fingerprint density at radius 2 is 1.96 bits per heavy atom. The number of hydrogen-bond acceptors (Lipinski definition) is 4. The number of likely N-dealkylation sites (tertiary alicyclic amines) is 1. The maximum atomic E-state index is 12.5. The SMILES string of the molecule is CNS(=O)(=O)c1ccc(NC(=O)N2CCCC(c3ccccc3)C2)nc1. The first-order valence-electron chi connectivity index (χ1n) is 8.50. The summed E-state index contributed by atoms with van der Waals surface area (Å²) in [6.07, 6.45) is 3.23. The van der Waals surface area contributed by atoms with Crippen molar-refractivity contribution in [3.63, 3.8) is 0 Å². The highest BCUT2D eigenvalue weighted by Gasteiger charge is 2.25. The van der Waals surface area contributed by atoms with Gasteiger partial charge in [-0.25, -0.2) is 22.9 Å². The minimum atomic E-state index is -3.54. The van der Waals surface area contributed by atoms with Gasteiger partial charge >= 0.3 is 6.03 Å². The lowest BCUT2D eigenvalue weighted by molar-refractivity contribution is 0.192. The summed E-state index contributed by atoms with van der Waals surface area (Å²) in [6, 6.07) is 12.9. The van der Waals surface area contributed by atoms with Crippen molar-refractivity contribution in [3.05, 3.63) is 54.2 Å². The molecule has 8 heteroatoms. The lowest BCUT2D eigenvalue weighted by atomic mass is 9.91. The van der Waals surface area contributed by atoms with Gasteiger partial charge < -0.3 is 4.90 Å². The second kappa shape index (κ2) is 7.84. The van der Waals surface area contributed by atoms with Crippen LogP contribution in [-0.2, 0) is 10.0 Å². The van der Waals surface area contributed by atoms with Gasteiger partial charge in [-0.1, -0.05) is 30.3 Å². The molecule has 7 nitrogen and oxygen atoms in total. The number of benzene rings is 1. The van der Waals surface area contributed by atoms with Crippen LogP contribution in [0.15, 0.2) is 53.6 Å². The van der Waals surface area contributed by atoms with Gasteiger partial charge in [0.15, 0.2) is 0 Å². The Morgan fingerprint density at radius 1 is 1.19 bits per heavy atom. The lowest BCUT2D eigenvalue weighted by Crippen LogP contribution is -2.41. The fourth-order valence-corrected chi connectivity index (χ4v) is 3.75. The molecule has 2 amide bonds. The summed E-state index contributed by atoms with van der Waals surface area (Å²) >= 11 is 0. The van der Waals surface area contributed by atoms with E-state index in [1.807, 2.05) is 18.2 Å². The van der Waals surface area contributed by atoms with Crippen LogP contribution >= 0.6 is 0 Å². The molecule has 0 spiro atoms. The first kappa shape index (κ1) is 18.3. The molecule has 3 rings (SSSR count). The predicted molar refractivity (Wildman–Crippen MR) is 99.5 cm³/mol. The maximum Gasteiger partial charge on any atom is 0.323 e. The van der Waals surface area contributed by atoms with E-state index >= 15 is 0 Å². The largest absolute Gasteiger partial charge is 0.324 e. The number of carbonyl (C=O) groups is 1. The van der Waals surface area contributed by atoms with E-state index in [4.69, 9.17) is 0 Å². The maximum absolute atomic E-state index is 12.5. The Balaban J connectivity index is 1.64. The summed E-state index contributed by atoms with van der Waals surface area (Å²) in [4.78, 5) is 18.4. The molecule has 2 aromatic rings. The van der Waals surface area contributed by atoms with Crippen molar-refractivity contribution in [1.29, 1.82) is 0 Å². The van der Waals surface area contributed by atoms with E-state index in [-0.39, 0.29) is 10.9 Å². The number of nitrogens with zero attached hydrogens (tertiary/aromatic N) is 2. The van der Waals surface area contributed by atoms with Gasteiger partial charge in [0.2, 0.25) is 10.0 Å². The Hall–Kier alpha value is -2.45. The fourth-order valence-electron chi connectivity index (χ4n) is 3.08. The molecule has 1 saturated heterocycles. The third-order valence-electron chi connectivity index (χ3n) is 4.53. The highest BCUT2D eigenvalue weighted by molar-refractivity contribution is 7.89. The van der Waals surface area contributed by atoms with Crippen LogP contribution in [0.4, 0.5) is 10.6 Å². The second-order valence-corrected chi connectivity index (χ2v) is 8.10. The van der Waals surface area contributed by atoms with E-state index < -0.39 is 10.0 Å². The number of sulfonamides is 1. The van der Waals surface area contributed by atoms with Gasteiger partial charge in [0.05, 0.1) is 0 Å². The van der Waals surface area contributed by atoms with E-state index in [0.717, 1.165) is 12.8 Å². The molecule has 1 fully saturated rings. The lowest BCUT2D eigenvalue weighted by Gasteiger charge is -2.33. The number of hydrogen-bond donors (Lipinski definition) is 2. The van der Waals surface area contributed by atoms with Crippen molar-refractivity contribution < 1.29 is 13.2 Å². The van der Waals surface area contributed by atoms with Gasteiger partial charge in [0, 0.05) is 25.2 Å². The molecule has 1 aliphatic rings. The quantitative estimate of drug-likeness (QED) is 0.860. The van der Waals surface area contributed by atoms with Crippen molar-refractivity contribution in [2.75, 3.05) is 25.5 Å². The fraction of sp³-hybridized carbons (Fsp3) is 0.333. The number of pyridine rings is 1. The van der Waals surface area contributed by atoms with Gasteiger partial charge in [0.1, 0.15) is 10.7 Å². The average Bonchev–Trinajstić information content (AvgIpc) is 2.69. The number of carbonyl (C=O) groups excluding carboxylic acids is 1. The summed E-state index contributed by atoms with van der Waals surface area (Å²) in [5, 5.41) is 2.74. The Labute approximate surface area is 153 Å².